The molecule has 1 saturated heterocycles. The monoisotopic (exact) mass is 276 g/mol. The van der Waals surface area contributed by atoms with Crippen LogP contribution in [0.1, 0.15) is 28.8 Å². The first-order valence-electron chi connectivity index (χ1n) is 5.88. The van der Waals surface area contributed by atoms with Crippen molar-refractivity contribution in [1.82, 2.24) is 0 Å². The quantitative estimate of drug-likeness (QED) is 0.611. The largest absolute Gasteiger partial charge is 0.417 e. The minimum Gasteiger partial charge on any atom is -0.381 e. The zero-order valence-corrected chi connectivity index (χ0v) is 9.97. The summed E-state index contributed by atoms with van der Waals surface area (Å²) in [5, 5.41) is 0. The molecule has 2 rings (SSSR count). The van der Waals surface area contributed by atoms with Crippen molar-refractivity contribution in [3.63, 3.8) is 0 Å². The van der Waals surface area contributed by atoms with E-state index in [4.69, 9.17) is 4.74 Å². The van der Waals surface area contributed by atoms with Crippen LogP contribution in [0.2, 0.25) is 0 Å². The Balaban J connectivity index is 2.36. The van der Waals surface area contributed by atoms with Crippen molar-refractivity contribution in [2.45, 2.75) is 19.0 Å². The van der Waals surface area contributed by atoms with Gasteiger partial charge in [0.05, 0.1) is 12.2 Å². The number of ketones is 1. The smallest absolute Gasteiger partial charge is 0.381 e. The van der Waals surface area contributed by atoms with Crippen molar-refractivity contribution in [1.29, 1.82) is 0 Å². The lowest BCUT2D eigenvalue weighted by Gasteiger charge is -2.22. The lowest BCUT2D eigenvalue weighted by molar-refractivity contribution is -0.138. The average Bonchev–Trinajstić information content (AvgIpc) is 2.37. The third kappa shape index (κ3) is 3.12. The van der Waals surface area contributed by atoms with E-state index in [2.05, 4.69) is 0 Å². The summed E-state index contributed by atoms with van der Waals surface area (Å²) in [5.74, 6) is -2.18. The molecule has 1 fully saturated rings. The van der Waals surface area contributed by atoms with Crippen LogP contribution in [-0.4, -0.2) is 19.0 Å². The second-order valence-electron chi connectivity index (χ2n) is 4.47. The fraction of sp³-hybridized carbons (Fsp3) is 0.462. The topological polar surface area (TPSA) is 26.3 Å². The van der Waals surface area contributed by atoms with Crippen molar-refractivity contribution in [2.75, 3.05) is 13.2 Å². The summed E-state index contributed by atoms with van der Waals surface area (Å²) in [5.41, 5.74) is -1.70. The number of benzene rings is 1. The summed E-state index contributed by atoms with van der Waals surface area (Å²) in [4.78, 5) is 12.1. The zero-order valence-electron chi connectivity index (χ0n) is 9.97. The number of halogens is 4. The van der Waals surface area contributed by atoms with E-state index in [9.17, 15) is 22.4 Å². The van der Waals surface area contributed by atoms with Crippen LogP contribution >= 0.6 is 0 Å². The van der Waals surface area contributed by atoms with E-state index in [1.54, 1.807) is 0 Å². The first-order chi connectivity index (χ1) is 8.89. The van der Waals surface area contributed by atoms with Crippen molar-refractivity contribution in [2.24, 2.45) is 5.92 Å². The number of rotatable bonds is 2. The fourth-order valence-corrected chi connectivity index (χ4v) is 2.13. The molecule has 1 atom stereocenters. The number of carbonyl (C=O) groups is 1. The van der Waals surface area contributed by atoms with Crippen molar-refractivity contribution < 1.29 is 27.1 Å². The highest BCUT2D eigenvalue weighted by molar-refractivity contribution is 5.99. The summed E-state index contributed by atoms with van der Waals surface area (Å²) in [7, 11) is 0. The van der Waals surface area contributed by atoms with Gasteiger partial charge in [0.1, 0.15) is 5.82 Å². The second kappa shape index (κ2) is 5.28. The van der Waals surface area contributed by atoms with Crippen LogP contribution in [0.25, 0.3) is 0 Å². The van der Waals surface area contributed by atoms with Crippen molar-refractivity contribution in [3.05, 3.63) is 35.1 Å². The first-order valence-corrected chi connectivity index (χ1v) is 5.88. The maximum Gasteiger partial charge on any atom is 0.417 e. The Labute approximate surface area is 107 Å². The molecule has 1 heterocycles. The third-order valence-electron chi connectivity index (χ3n) is 3.08. The molecule has 1 aromatic rings. The molecule has 0 radical (unpaired) electrons. The van der Waals surface area contributed by atoms with Gasteiger partial charge in [-0.2, -0.15) is 13.2 Å². The van der Waals surface area contributed by atoms with Gasteiger partial charge in [0, 0.05) is 18.1 Å². The molecule has 6 heteroatoms. The van der Waals surface area contributed by atoms with Gasteiger partial charge in [0.2, 0.25) is 0 Å². The van der Waals surface area contributed by atoms with E-state index in [1.165, 1.54) is 0 Å². The number of ether oxygens (including phenoxy) is 1. The van der Waals surface area contributed by atoms with Gasteiger partial charge < -0.3 is 4.74 Å². The predicted molar refractivity (Wildman–Crippen MR) is 59.3 cm³/mol. The Morgan fingerprint density at radius 1 is 1.32 bits per heavy atom. The summed E-state index contributed by atoms with van der Waals surface area (Å²) in [6.45, 7) is 0.589. The Morgan fingerprint density at radius 3 is 2.63 bits per heavy atom. The Kier molecular flexibility index (Phi) is 3.89. The van der Waals surface area contributed by atoms with Gasteiger partial charge in [-0.25, -0.2) is 4.39 Å². The van der Waals surface area contributed by atoms with E-state index in [1.807, 2.05) is 0 Å². The van der Waals surface area contributed by atoms with Gasteiger partial charge >= 0.3 is 6.18 Å². The van der Waals surface area contributed by atoms with Gasteiger partial charge in [0.25, 0.3) is 0 Å². The molecular weight excluding hydrogens is 264 g/mol. The zero-order chi connectivity index (χ0) is 14.0. The highest BCUT2D eigenvalue weighted by atomic mass is 19.4. The highest BCUT2D eigenvalue weighted by Crippen LogP contribution is 2.34. The number of hydrogen-bond acceptors (Lipinski definition) is 2. The van der Waals surface area contributed by atoms with E-state index < -0.39 is 34.8 Å². The van der Waals surface area contributed by atoms with Crippen LogP contribution in [0.5, 0.6) is 0 Å². The molecule has 0 amide bonds. The van der Waals surface area contributed by atoms with Crippen molar-refractivity contribution in [3.8, 4) is 0 Å². The Bertz CT molecular complexity index is 476. The molecule has 0 saturated carbocycles. The molecule has 0 spiro atoms. The molecule has 0 aliphatic carbocycles. The third-order valence-corrected chi connectivity index (χ3v) is 3.08. The minimum atomic E-state index is -4.67. The molecule has 19 heavy (non-hydrogen) atoms. The lowest BCUT2D eigenvalue weighted by Crippen LogP contribution is -2.27. The summed E-state index contributed by atoms with van der Waals surface area (Å²) in [6, 6.07) is 1.96. The van der Waals surface area contributed by atoms with Gasteiger partial charge in [0.15, 0.2) is 5.78 Å². The average molecular weight is 276 g/mol. The number of carbonyl (C=O) groups excluding carboxylic acids is 1. The van der Waals surface area contributed by atoms with Crippen LogP contribution in [0.4, 0.5) is 17.6 Å². The van der Waals surface area contributed by atoms with Crippen LogP contribution in [0.3, 0.4) is 0 Å². The van der Waals surface area contributed by atoms with Crippen molar-refractivity contribution >= 4 is 5.78 Å². The molecule has 0 N–H and O–H groups in total. The first kappa shape index (κ1) is 14.0. The van der Waals surface area contributed by atoms with Gasteiger partial charge in [-0.3, -0.25) is 4.79 Å². The number of alkyl halides is 3. The number of hydrogen-bond donors (Lipinski definition) is 0. The van der Waals surface area contributed by atoms with E-state index in [0.29, 0.717) is 37.6 Å². The maximum atomic E-state index is 13.1. The minimum absolute atomic E-state index is 0.0899. The molecule has 1 aliphatic heterocycles. The molecule has 2 nitrogen and oxygen atoms in total. The molecule has 1 aromatic carbocycles. The molecule has 0 aromatic heterocycles. The van der Waals surface area contributed by atoms with E-state index >= 15 is 0 Å². The SMILES string of the molecule is O=C(c1cc(F)ccc1C(F)(F)F)C1CCCOC1. The molecule has 1 unspecified atom stereocenters. The van der Waals surface area contributed by atoms with Crippen LogP contribution in [-0.2, 0) is 10.9 Å². The summed E-state index contributed by atoms with van der Waals surface area (Å²) < 4.78 is 56.6. The Hall–Kier alpha value is -1.43. The predicted octanol–water partition coefficient (Wildman–Crippen LogP) is 3.45. The van der Waals surface area contributed by atoms with Gasteiger partial charge in [-0.15, -0.1) is 0 Å². The summed E-state index contributed by atoms with van der Waals surface area (Å²) >= 11 is 0. The molecule has 104 valence electrons. The normalized spacial score (nSPS) is 20.3. The highest BCUT2D eigenvalue weighted by Gasteiger charge is 2.37. The molecular formula is C13H12F4O2. The van der Waals surface area contributed by atoms with E-state index in [-0.39, 0.29) is 6.61 Å². The van der Waals surface area contributed by atoms with Gasteiger partial charge in [-0.05, 0) is 31.0 Å². The van der Waals surface area contributed by atoms with Gasteiger partial charge in [-0.1, -0.05) is 0 Å². The van der Waals surface area contributed by atoms with Crippen LogP contribution < -0.4 is 0 Å². The fourth-order valence-electron chi connectivity index (χ4n) is 2.13. The molecule has 0 bridgehead atoms. The van der Waals surface area contributed by atoms with Crippen LogP contribution in [0.15, 0.2) is 18.2 Å². The molecule has 1 aliphatic rings. The second-order valence-corrected chi connectivity index (χ2v) is 4.47. The Morgan fingerprint density at radius 2 is 2.05 bits per heavy atom. The maximum absolute atomic E-state index is 13.1. The standard InChI is InChI=1S/C13H12F4O2/c14-9-3-4-11(13(15,16)17)10(6-9)12(18)8-2-1-5-19-7-8/h3-4,6,8H,1-2,5,7H2. The van der Waals surface area contributed by atoms with Crippen LogP contribution in [0, 0.1) is 11.7 Å². The lowest BCUT2D eigenvalue weighted by atomic mass is 9.90. The van der Waals surface area contributed by atoms with E-state index in [0.717, 1.165) is 0 Å². The summed E-state index contributed by atoms with van der Waals surface area (Å²) in [6.07, 6.45) is -3.59. The number of Topliss-reactive ketones (excluding diaryl/α,β-unsaturated/α-hetero) is 1.